The summed E-state index contributed by atoms with van der Waals surface area (Å²) in [7, 11) is 1.43. The van der Waals surface area contributed by atoms with E-state index in [4.69, 9.17) is 9.47 Å². The van der Waals surface area contributed by atoms with Gasteiger partial charge in [0.25, 0.3) is 5.91 Å². The van der Waals surface area contributed by atoms with E-state index in [0.717, 1.165) is 6.20 Å². The summed E-state index contributed by atoms with van der Waals surface area (Å²) in [5.74, 6) is -0.233. The lowest BCUT2D eigenvalue weighted by atomic mass is 10.1. The normalized spacial score (nSPS) is 16.6. The molecule has 0 unspecified atom stereocenters. The maximum absolute atomic E-state index is 14.2. The van der Waals surface area contributed by atoms with Crippen molar-refractivity contribution in [3.63, 3.8) is 0 Å². The molecule has 38 heavy (non-hydrogen) atoms. The van der Waals surface area contributed by atoms with Gasteiger partial charge in [-0.1, -0.05) is 0 Å². The topological polar surface area (TPSA) is 102 Å². The van der Waals surface area contributed by atoms with Crippen molar-refractivity contribution >= 4 is 17.6 Å². The number of ether oxygens (including phenoxy) is 2. The van der Waals surface area contributed by atoms with E-state index in [2.05, 4.69) is 15.1 Å². The lowest BCUT2D eigenvalue weighted by Crippen LogP contribution is -2.56. The molecule has 0 radical (unpaired) electrons. The van der Waals surface area contributed by atoms with Crippen LogP contribution in [0.2, 0.25) is 0 Å². The number of carbonyl (C=O) groups excluding carboxylic acids is 2. The number of methoxy groups -OCH3 is 1. The molecular formula is C25H29F3N6O4. The Morgan fingerprint density at radius 2 is 1.82 bits per heavy atom. The molecule has 0 N–H and O–H groups in total. The average Bonchev–Trinajstić information content (AvgIpc) is 3.24. The number of rotatable bonds is 3. The zero-order chi connectivity index (χ0) is 28.0. The molecule has 1 saturated heterocycles. The van der Waals surface area contributed by atoms with Gasteiger partial charge in [0.2, 0.25) is 5.88 Å². The Balaban J connectivity index is 1.71. The van der Waals surface area contributed by atoms with Crippen molar-refractivity contribution in [2.45, 2.75) is 52.4 Å². The molecule has 0 spiro atoms. The first-order chi connectivity index (χ1) is 17.7. The number of halogens is 3. The quantitative estimate of drug-likeness (QED) is 0.496. The molecule has 0 aliphatic carbocycles. The highest BCUT2D eigenvalue weighted by Crippen LogP contribution is 2.36. The average molecular weight is 535 g/mol. The number of fused-ring (bicyclic) bond motifs is 1. The molecule has 3 aromatic heterocycles. The van der Waals surface area contributed by atoms with E-state index in [1.54, 1.807) is 33.8 Å². The number of hydrogen-bond donors (Lipinski definition) is 0. The van der Waals surface area contributed by atoms with Crippen LogP contribution in [0.15, 0.2) is 24.5 Å². The van der Waals surface area contributed by atoms with Gasteiger partial charge in [-0.15, -0.1) is 0 Å². The fraction of sp³-hybridized carbons (Fsp3) is 0.480. The lowest BCUT2D eigenvalue weighted by Gasteiger charge is -2.40. The number of hydrogen-bond acceptors (Lipinski definition) is 7. The summed E-state index contributed by atoms with van der Waals surface area (Å²) < 4.78 is 53.7. The van der Waals surface area contributed by atoms with Gasteiger partial charge in [0, 0.05) is 49.1 Å². The molecule has 13 heteroatoms. The van der Waals surface area contributed by atoms with Crippen molar-refractivity contribution in [3.8, 4) is 17.1 Å². The third-order valence-electron chi connectivity index (χ3n) is 6.14. The van der Waals surface area contributed by atoms with E-state index in [-0.39, 0.29) is 42.1 Å². The zero-order valence-electron chi connectivity index (χ0n) is 22.0. The van der Waals surface area contributed by atoms with Crippen LogP contribution in [0.25, 0.3) is 16.9 Å². The zero-order valence-corrected chi connectivity index (χ0v) is 22.0. The predicted octanol–water partition coefficient (Wildman–Crippen LogP) is 4.21. The molecule has 4 rings (SSSR count). The van der Waals surface area contributed by atoms with Crippen LogP contribution in [-0.2, 0) is 10.9 Å². The minimum atomic E-state index is -4.77. The van der Waals surface area contributed by atoms with Gasteiger partial charge in [-0.25, -0.2) is 19.3 Å². The van der Waals surface area contributed by atoms with Crippen molar-refractivity contribution in [2.75, 3.05) is 26.7 Å². The van der Waals surface area contributed by atoms with Gasteiger partial charge in [0.15, 0.2) is 11.3 Å². The Hall–Kier alpha value is -3.90. The maximum atomic E-state index is 14.2. The lowest BCUT2D eigenvalue weighted by molar-refractivity contribution is -0.143. The summed E-state index contributed by atoms with van der Waals surface area (Å²) in [5.41, 5.74) is -1.79. The SMILES string of the molecule is COc1ccc(-c2nc3c(C(=O)N4CCN(C(=O)OC(C)(C)C)C[C@H]4C)cnn3c(C(F)(F)F)c2C)cn1. The summed E-state index contributed by atoms with van der Waals surface area (Å²) >= 11 is 0. The minimum Gasteiger partial charge on any atom is -0.481 e. The second kappa shape index (κ2) is 9.76. The van der Waals surface area contributed by atoms with Gasteiger partial charge < -0.3 is 19.3 Å². The highest BCUT2D eigenvalue weighted by molar-refractivity contribution is 6.00. The molecule has 10 nitrogen and oxygen atoms in total. The van der Waals surface area contributed by atoms with Crippen LogP contribution in [-0.4, -0.2) is 79.8 Å². The second-order valence-electron chi connectivity index (χ2n) is 10.1. The molecule has 0 aromatic carbocycles. The Morgan fingerprint density at radius 1 is 1.11 bits per heavy atom. The van der Waals surface area contributed by atoms with E-state index in [0.29, 0.717) is 16.0 Å². The maximum Gasteiger partial charge on any atom is 0.433 e. The molecular weight excluding hydrogens is 505 g/mol. The first-order valence-corrected chi connectivity index (χ1v) is 12.0. The fourth-order valence-corrected chi connectivity index (χ4v) is 4.39. The number of amides is 2. The summed E-state index contributed by atoms with van der Waals surface area (Å²) in [4.78, 5) is 37.6. The largest absolute Gasteiger partial charge is 0.481 e. The molecule has 204 valence electrons. The molecule has 1 atom stereocenters. The van der Waals surface area contributed by atoms with E-state index >= 15 is 0 Å². The molecule has 2 amide bonds. The van der Waals surface area contributed by atoms with Gasteiger partial charge in [0.1, 0.15) is 11.2 Å². The Bertz CT molecular complexity index is 1360. The van der Waals surface area contributed by atoms with Crippen LogP contribution in [0, 0.1) is 6.92 Å². The molecule has 1 aliphatic heterocycles. The highest BCUT2D eigenvalue weighted by atomic mass is 19.4. The van der Waals surface area contributed by atoms with Crippen molar-refractivity contribution in [1.29, 1.82) is 0 Å². The van der Waals surface area contributed by atoms with Crippen molar-refractivity contribution in [1.82, 2.24) is 29.4 Å². The van der Waals surface area contributed by atoms with Gasteiger partial charge >= 0.3 is 12.3 Å². The van der Waals surface area contributed by atoms with E-state index in [9.17, 15) is 22.8 Å². The third kappa shape index (κ3) is 5.22. The summed E-state index contributed by atoms with van der Waals surface area (Å²) in [6.07, 6.45) is -2.79. The second-order valence-corrected chi connectivity index (χ2v) is 10.1. The summed E-state index contributed by atoms with van der Waals surface area (Å²) in [6.45, 7) is 8.95. The smallest absolute Gasteiger partial charge is 0.433 e. The van der Waals surface area contributed by atoms with Crippen LogP contribution in [0.4, 0.5) is 18.0 Å². The first-order valence-electron chi connectivity index (χ1n) is 12.0. The predicted molar refractivity (Wildman–Crippen MR) is 131 cm³/mol. The van der Waals surface area contributed by atoms with Crippen LogP contribution in [0.1, 0.15) is 49.3 Å². The monoisotopic (exact) mass is 534 g/mol. The number of piperazine rings is 1. The van der Waals surface area contributed by atoms with Gasteiger partial charge in [0.05, 0.1) is 19.0 Å². The standard InChI is InChI=1S/C25H29F3N6O4/c1-14-13-32(23(36)38-24(3,4)5)9-10-33(14)22(35)17-12-30-34-20(25(26,27)28)15(2)19(31-21(17)34)16-7-8-18(37-6)29-11-16/h7-8,11-12,14H,9-10,13H2,1-6H3/t14-/m1/s1. The molecule has 1 aliphatic rings. The first kappa shape index (κ1) is 27.1. The fourth-order valence-electron chi connectivity index (χ4n) is 4.39. The third-order valence-corrected chi connectivity index (χ3v) is 6.14. The van der Waals surface area contributed by atoms with Crippen LogP contribution >= 0.6 is 0 Å². The number of carbonyl (C=O) groups is 2. The van der Waals surface area contributed by atoms with Crippen molar-refractivity contribution in [3.05, 3.63) is 41.3 Å². The number of aromatic nitrogens is 4. The van der Waals surface area contributed by atoms with Gasteiger partial charge in [-0.2, -0.15) is 18.3 Å². The molecule has 0 saturated carbocycles. The van der Waals surface area contributed by atoms with Crippen molar-refractivity contribution < 1.29 is 32.2 Å². The summed E-state index contributed by atoms with van der Waals surface area (Å²) in [5, 5.41) is 3.90. The van der Waals surface area contributed by atoms with E-state index in [1.807, 2.05) is 0 Å². The van der Waals surface area contributed by atoms with E-state index in [1.165, 1.54) is 36.1 Å². The number of alkyl halides is 3. The molecule has 0 bridgehead atoms. The number of nitrogens with zero attached hydrogens (tertiary/aromatic N) is 6. The van der Waals surface area contributed by atoms with Crippen molar-refractivity contribution in [2.24, 2.45) is 0 Å². The summed E-state index contributed by atoms with van der Waals surface area (Å²) in [6, 6.07) is 2.65. The molecule has 1 fully saturated rings. The van der Waals surface area contributed by atoms with Crippen LogP contribution in [0.5, 0.6) is 5.88 Å². The molecule has 3 aromatic rings. The highest BCUT2D eigenvalue weighted by Gasteiger charge is 2.40. The van der Waals surface area contributed by atoms with Gasteiger partial charge in [-0.3, -0.25) is 4.79 Å². The van der Waals surface area contributed by atoms with E-state index < -0.39 is 35.5 Å². The Kier molecular flexibility index (Phi) is 6.97. The Labute approximate surface area is 217 Å². The Morgan fingerprint density at radius 3 is 2.37 bits per heavy atom. The minimum absolute atomic E-state index is 0.0253. The molecule has 4 heterocycles. The van der Waals surface area contributed by atoms with Gasteiger partial charge in [-0.05, 0) is 40.7 Å². The van der Waals surface area contributed by atoms with Crippen LogP contribution in [0.3, 0.4) is 0 Å². The van der Waals surface area contributed by atoms with Crippen LogP contribution < -0.4 is 4.74 Å². The number of pyridine rings is 1.